The van der Waals surface area contributed by atoms with Crippen LogP contribution < -0.4 is 10.9 Å². The Bertz CT molecular complexity index is 1120. The van der Waals surface area contributed by atoms with Gasteiger partial charge in [-0.25, -0.2) is 9.07 Å². The first-order valence-corrected chi connectivity index (χ1v) is 8.29. The Labute approximate surface area is 162 Å². The van der Waals surface area contributed by atoms with Gasteiger partial charge in [0.2, 0.25) is 5.91 Å². The molecule has 0 bridgehead atoms. The van der Waals surface area contributed by atoms with Crippen LogP contribution in [0.5, 0.6) is 0 Å². The number of nitro groups is 1. The smallest absolute Gasteiger partial charge is 0.309 e. The van der Waals surface area contributed by atoms with Crippen LogP contribution in [0.15, 0.2) is 47.4 Å². The van der Waals surface area contributed by atoms with Gasteiger partial charge in [-0.2, -0.15) is 5.10 Å². The standard InChI is InChI=1S/C17H13ClFN5O4/c1-10-6-15(23(21-10)13-4-2-12(19)3-5-13)20-16(25)9-22-8-11(18)7-14(17(22)26)24(27)28/h2-8H,9H2,1H3,(H,20,25). The SMILES string of the molecule is Cc1cc(NC(=O)Cn2cc(Cl)cc([N+](=O)[O-])c2=O)n(-c2ccc(F)cc2)n1. The summed E-state index contributed by atoms with van der Waals surface area (Å²) in [6, 6.07) is 7.99. The quantitative estimate of drug-likeness (QED) is 0.518. The van der Waals surface area contributed by atoms with E-state index in [4.69, 9.17) is 11.6 Å². The van der Waals surface area contributed by atoms with Crippen molar-refractivity contribution in [1.82, 2.24) is 14.3 Å². The zero-order valence-electron chi connectivity index (χ0n) is 14.4. The molecule has 3 rings (SSSR count). The van der Waals surface area contributed by atoms with Gasteiger partial charge in [0.15, 0.2) is 0 Å². The molecule has 2 heterocycles. The van der Waals surface area contributed by atoms with Gasteiger partial charge in [-0.15, -0.1) is 0 Å². The molecule has 2 aromatic heterocycles. The topological polar surface area (TPSA) is 112 Å². The number of rotatable bonds is 5. The van der Waals surface area contributed by atoms with Gasteiger partial charge in [0.05, 0.1) is 21.3 Å². The average Bonchev–Trinajstić information content (AvgIpc) is 2.98. The molecule has 0 aliphatic rings. The third-order valence-corrected chi connectivity index (χ3v) is 3.92. The Morgan fingerprint density at radius 2 is 2.00 bits per heavy atom. The Balaban J connectivity index is 1.86. The van der Waals surface area contributed by atoms with Gasteiger partial charge in [0, 0.05) is 18.3 Å². The van der Waals surface area contributed by atoms with Crippen LogP contribution in [0.3, 0.4) is 0 Å². The summed E-state index contributed by atoms with van der Waals surface area (Å²) in [5.74, 6) is -0.749. The minimum atomic E-state index is -0.951. The third-order valence-electron chi connectivity index (χ3n) is 3.71. The van der Waals surface area contributed by atoms with Gasteiger partial charge in [-0.05, 0) is 31.2 Å². The van der Waals surface area contributed by atoms with Gasteiger partial charge in [0.25, 0.3) is 0 Å². The van der Waals surface area contributed by atoms with Gasteiger partial charge in [0.1, 0.15) is 18.2 Å². The lowest BCUT2D eigenvalue weighted by molar-refractivity contribution is -0.386. The minimum Gasteiger partial charge on any atom is -0.309 e. The first-order valence-electron chi connectivity index (χ1n) is 7.91. The second-order valence-electron chi connectivity index (χ2n) is 5.84. The van der Waals surface area contributed by atoms with Crippen molar-refractivity contribution in [1.29, 1.82) is 0 Å². The fraction of sp³-hybridized carbons (Fsp3) is 0.118. The molecule has 1 N–H and O–H groups in total. The number of halogens is 2. The first kappa shape index (κ1) is 19.2. The van der Waals surface area contributed by atoms with Crippen LogP contribution in [0.2, 0.25) is 5.02 Å². The van der Waals surface area contributed by atoms with Crippen molar-refractivity contribution in [2.24, 2.45) is 0 Å². The number of amides is 1. The number of nitrogens with one attached hydrogen (secondary N) is 1. The normalized spacial score (nSPS) is 10.7. The zero-order chi connectivity index (χ0) is 20.4. The van der Waals surface area contributed by atoms with E-state index >= 15 is 0 Å². The Kier molecular flexibility index (Phi) is 5.23. The number of pyridine rings is 1. The van der Waals surface area contributed by atoms with E-state index in [-0.39, 0.29) is 5.02 Å². The first-order chi connectivity index (χ1) is 13.2. The summed E-state index contributed by atoms with van der Waals surface area (Å²) in [4.78, 5) is 34.6. The molecule has 0 atom stereocenters. The molecule has 0 unspecified atom stereocenters. The number of aryl methyl sites for hydroxylation is 1. The van der Waals surface area contributed by atoms with Crippen LogP contribution in [0.25, 0.3) is 5.69 Å². The lowest BCUT2D eigenvalue weighted by atomic mass is 10.3. The Morgan fingerprint density at radius 3 is 2.64 bits per heavy atom. The number of anilines is 1. The molecule has 9 nitrogen and oxygen atoms in total. The summed E-state index contributed by atoms with van der Waals surface area (Å²) < 4.78 is 15.4. The van der Waals surface area contributed by atoms with Crippen molar-refractivity contribution in [3.8, 4) is 5.69 Å². The van der Waals surface area contributed by atoms with E-state index in [1.165, 1.54) is 28.9 Å². The van der Waals surface area contributed by atoms with Crippen molar-refractivity contribution in [3.63, 3.8) is 0 Å². The number of carbonyl (C=O) groups is 1. The molecule has 0 radical (unpaired) electrons. The van der Waals surface area contributed by atoms with E-state index in [2.05, 4.69) is 10.4 Å². The van der Waals surface area contributed by atoms with Crippen molar-refractivity contribution in [3.05, 3.63) is 79.6 Å². The molecule has 0 saturated heterocycles. The molecule has 0 saturated carbocycles. The molecular weight excluding hydrogens is 393 g/mol. The largest absolute Gasteiger partial charge is 0.335 e. The van der Waals surface area contributed by atoms with Crippen molar-refractivity contribution in [2.45, 2.75) is 13.5 Å². The lowest BCUT2D eigenvalue weighted by Crippen LogP contribution is -2.29. The number of hydrogen-bond donors (Lipinski definition) is 1. The van der Waals surface area contributed by atoms with Crippen LogP contribution >= 0.6 is 11.6 Å². The highest BCUT2D eigenvalue weighted by Gasteiger charge is 2.18. The number of hydrogen-bond acceptors (Lipinski definition) is 5. The molecule has 1 amide bonds. The van der Waals surface area contributed by atoms with E-state index in [9.17, 15) is 24.1 Å². The van der Waals surface area contributed by atoms with Gasteiger partial charge < -0.3 is 5.32 Å². The number of nitrogens with zero attached hydrogens (tertiary/aromatic N) is 4. The van der Waals surface area contributed by atoms with Crippen molar-refractivity contribution >= 4 is 29.0 Å². The molecule has 1 aromatic carbocycles. The lowest BCUT2D eigenvalue weighted by Gasteiger charge is -2.10. The van der Waals surface area contributed by atoms with Crippen LogP contribution in [-0.4, -0.2) is 25.2 Å². The van der Waals surface area contributed by atoms with Gasteiger partial charge in [-0.3, -0.25) is 24.3 Å². The maximum Gasteiger partial charge on any atom is 0.335 e. The van der Waals surface area contributed by atoms with E-state index in [0.717, 1.165) is 16.8 Å². The van der Waals surface area contributed by atoms with E-state index < -0.39 is 34.4 Å². The second kappa shape index (κ2) is 7.61. The van der Waals surface area contributed by atoms with Gasteiger partial charge in [-0.1, -0.05) is 11.6 Å². The van der Waals surface area contributed by atoms with Crippen LogP contribution in [0, 0.1) is 22.9 Å². The Hall–Kier alpha value is -3.53. The number of aromatic nitrogens is 3. The monoisotopic (exact) mass is 405 g/mol. The maximum atomic E-state index is 13.1. The summed E-state index contributed by atoms with van der Waals surface area (Å²) in [7, 11) is 0. The maximum absolute atomic E-state index is 13.1. The van der Waals surface area contributed by atoms with E-state index in [1.807, 2.05) is 0 Å². The third kappa shape index (κ3) is 4.07. The summed E-state index contributed by atoms with van der Waals surface area (Å²) in [6.07, 6.45) is 1.14. The highest BCUT2D eigenvalue weighted by Crippen LogP contribution is 2.18. The second-order valence-corrected chi connectivity index (χ2v) is 6.28. The molecule has 0 aliphatic heterocycles. The fourth-order valence-electron chi connectivity index (χ4n) is 2.54. The molecule has 28 heavy (non-hydrogen) atoms. The van der Waals surface area contributed by atoms with Gasteiger partial charge >= 0.3 is 11.2 Å². The van der Waals surface area contributed by atoms with Crippen molar-refractivity contribution < 1.29 is 14.1 Å². The predicted molar refractivity (Wildman–Crippen MR) is 99.3 cm³/mol. The highest BCUT2D eigenvalue weighted by molar-refractivity contribution is 6.30. The average molecular weight is 406 g/mol. The number of benzene rings is 1. The number of carbonyl (C=O) groups excluding carboxylic acids is 1. The highest BCUT2D eigenvalue weighted by atomic mass is 35.5. The molecule has 0 spiro atoms. The summed E-state index contributed by atoms with van der Waals surface area (Å²) in [6.45, 7) is 1.22. The fourth-order valence-corrected chi connectivity index (χ4v) is 2.76. The van der Waals surface area contributed by atoms with E-state index in [0.29, 0.717) is 17.2 Å². The molecule has 11 heteroatoms. The summed E-state index contributed by atoms with van der Waals surface area (Å²) >= 11 is 5.79. The summed E-state index contributed by atoms with van der Waals surface area (Å²) in [5, 5.41) is 17.7. The molecule has 0 aliphatic carbocycles. The van der Waals surface area contributed by atoms with Crippen LogP contribution in [0.1, 0.15) is 5.69 Å². The van der Waals surface area contributed by atoms with Crippen LogP contribution in [0.4, 0.5) is 15.9 Å². The molecule has 0 fully saturated rings. The minimum absolute atomic E-state index is 0.0497. The molecular formula is C17H13ClFN5O4. The van der Waals surface area contributed by atoms with Crippen LogP contribution in [-0.2, 0) is 11.3 Å². The Morgan fingerprint density at radius 1 is 1.32 bits per heavy atom. The predicted octanol–water partition coefficient (Wildman–Crippen LogP) is 2.68. The summed E-state index contributed by atoms with van der Waals surface area (Å²) in [5.41, 5.74) is -0.573. The zero-order valence-corrected chi connectivity index (χ0v) is 15.2. The molecule has 3 aromatic rings. The van der Waals surface area contributed by atoms with E-state index in [1.54, 1.807) is 13.0 Å². The van der Waals surface area contributed by atoms with Crippen molar-refractivity contribution in [2.75, 3.05) is 5.32 Å². The molecule has 144 valence electrons.